The van der Waals surface area contributed by atoms with Gasteiger partial charge in [0, 0.05) is 25.7 Å². The van der Waals surface area contributed by atoms with E-state index >= 15 is 0 Å². The number of hydrogen-bond donors (Lipinski definition) is 2. The molecular weight excluding hydrogens is 332 g/mol. The first-order chi connectivity index (χ1) is 12.6. The molecule has 2 aliphatic rings. The predicted octanol–water partition coefficient (Wildman–Crippen LogP) is 2.06. The fourth-order valence-electron chi connectivity index (χ4n) is 4.30. The Morgan fingerprint density at radius 1 is 1.23 bits per heavy atom. The third-order valence-corrected chi connectivity index (χ3v) is 5.78. The molecule has 1 aromatic rings. The summed E-state index contributed by atoms with van der Waals surface area (Å²) in [7, 11) is 1.49. The number of carboxylic acids is 1. The standard InChI is InChI=1S/C20H30N2O4/c1-26-19-5-4-15(11-18(19)20(24)25)12-21-9-6-17(7-10-21)22-8-2-3-16(13-22)14-23/h4-5,11,16-17,23H,2-3,6-10,12-14H2,1H3,(H,24,25)/t16-/m0/s1. The molecule has 2 saturated heterocycles. The molecule has 2 heterocycles. The van der Waals surface area contributed by atoms with Crippen LogP contribution in [0.4, 0.5) is 0 Å². The number of carboxylic acid groups (broad SMARTS) is 1. The summed E-state index contributed by atoms with van der Waals surface area (Å²) in [6.45, 7) is 5.32. The smallest absolute Gasteiger partial charge is 0.339 e. The van der Waals surface area contributed by atoms with Crippen LogP contribution in [0.2, 0.25) is 0 Å². The number of rotatable bonds is 6. The number of likely N-dealkylation sites (tertiary alicyclic amines) is 2. The molecule has 3 rings (SSSR count). The lowest BCUT2D eigenvalue weighted by molar-refractivity contribution is 0.0526. The van der Waals surface area contributed by atoms with Gasteiger partial charge in [0.05, 0.1) is 7.11 Å². The molecule has 0 aromatic heterocycles. The van der Waals surface area contributed by atoms with Crippen LogP contribution >= 0.6 is 0 Å². The first-order valence-electron chi connectivity index (χ1n) is 9.58. The van der Waals surface area contributed by atoms with Gasteiger partial charge in [-0.2, -0.15) is 0 Å². The van der Waals surface area contributed by atoms with E-state index in [9.17, 15) is 15.0 Å². The van der Waals surface area contributed by atoms with Crippen LogP contribution in [0, 0.1) is 5.92 Å². The van der Waals surface area contributed by atoms with Gasteiger partial charge in [-0.15, -0.1) is 0 Å². The maximum Gasteiger partial charge on any atom is 0.339 e. The topological polar surface area (TPSA) is 73.2 Å². The zero-order valence-electron chi connectivity index (χ0n) is 15.6. The highest BCUT2D eigenvalue weighted by molar-refractivity contribution is 5.91. The van der Waals surface area contributed by atoms with E-state index in [-0.39, 0.29) is 5.56 Å². The molecule has 6 heteroatoms. The Morgan fingerprint density at radius 3 is 2.65 bits per heavy atom. The Kier molecular flexibility index (Phi) is 6.51. The van der Waals surface area contributed by atoms with E-state index in [0.717, 1.165) is 57.5 Å². The minimum Gasteiger partial charge on any atom is -0.496 e. The van der Waals surface area contributed by atoms with E-state index < -0.39 is 5.97 Å². The molecule has 0 aliphatic carbocycles. The summed E-state index contributed by atoms with van der Waals surface area (Å²) in [5, 5.41) is 18.8. The molecule has 0 radical (unpaired) electrons. The number of carbonyl (C=O) groups is 1. The van der Waals surface area contributed by atoms with Gasteiger partial charge in [-0.25, -0.2) is 4.79 Å². The lowest BCUT2D eigenvalue weighted by Crippen LogP contribution is -2.48. The number of benzene rings is 1. The number of hydrogen-bond acceptors (Lipinski definition) is 5. The van der Waals surface area contributed by atoms with Crippen LogP contribution in [0.1, 0.15) is 41.6 Å². The second-order valence-electron chi connectivity index (χ2n) is 7.53. The molecule has 1 atom stereocenters. The fraction of sp³-hybridized carbons (Fsp3) is 0.650. The SMILES string of the molecule is COc1ccc(CN2CCC(N3CCC[C@H](CO)C3)CC2)cc1C(=O)O. The highest BCUT2D eigenvalue weighted by Gasteiger charge is 2.28. The third-order valence-electron chi connectivity index (χ3n) is 5.78. The van der Waals surface area contributed by atoms with Crippen molar-refractivity contribution in [2.45, 2.75) is 38.3 Å². The predicted molar refractivity (Wildman–Crippen MR) is 99.6 cm³/mol. The van der Waals surface area contributed by atoms with Gasteiger partial charge in [0.25, 0.3) is 0 Å². The Bertz CT molecular complexity index is 614. The zero-order valence-corrected chi connectivity index (χ0v) is 15.6. The van der Waals surface area contributed by atoms with Crippen LogP contribution in [0.15, 0.2) is 18.2 Å². The Balaban J connectivity index is 1.54. The van der Waals surface area contributed by atoms with Gasteiger partial charge in [-0.1, -0.05) is 6.07 Å². The van der Waals surface area contributed by atoms with Crippen LogP contribution in [0.5, 0.6) is 5.75 Å². The average Bonchev–Trinajstić information content (AvgIpc) is 2.68. The van der Waals surface area contributed by atoms with Gasteiger partial charge >= 0.3 is 5.97 Å². The molecule has 2 N–H and O–H groups in total. The molecule has 0 spiro atoms. The van der Waals surface area contributed by atoms with Crippen molar-refractivity contribution in [3.63, 3.8) is 0 Å². The number of nitrogens with zero attached hydrogens (tertiary/aromatic N) is 2. The number of aliphatic hydroxyl groups is 1. The molecule has 2 aliphatic heterocycles. The van der Waals surface area contributed by atoms with E-state index in [1.807, 2.05) is 6.07 Å². The van der Waals surface area contributed by atoms with Gasteiger partial charge < -0.3 is 14.9 Å². The maximum absolute atomic E-state index is 11.4. The molecule has 1 aromatic carbocycles. The first kappa shape index (κ1) is 19.1. The third kappa shape index (κ3) is 4.55. The Hall–Kier alpha value is -1.63. The van der Waals surface area contributed by atoms with Gasteiger partial charge in [0.1, 0.15) is 11.3 Å². The van der Waals surface area contributed by atoms with E-state index in [2.05, 4.69) is 9.80 Å². The monoisotopic (exact) mass is 362 g/mol. The normalized spacial score (nSPS) is 23.1. The highest BCUT2D eigenvalue weighted by atomic mass is 16.5. The Labute approximate surface area is 155 Å². The minimum atomic E-state index is -0.953. The summed E-state index contributed by atoms with van der Waals surface area (Å²) in [6.07, 6.45) is 4.62. The van der Waals surface area contributed by atoms with Gasteiger partial charge in [-0.3, -0.25) is 9.80 Å². The first-order valence-corrected chi connectivity index (χ1v) is 9.58. The Morgan fingerprint density at radius 2 is 2.00 bits per heavy atom. The summed E-state index contributed by atoms with van der Waals surface area (Å²) < 4.78 is 5.13. The van der Waals surface area contributed by atoms with Crippen molar-refractivity contribution in [3.8, 4) is 5.75 Å². The lowest BCUT2D eigenvalue weighted by atomic mass is 9.94. The quantitative estimate of drug-likeness (QED) is 0.807. The zero-order chi connectivity index (χ0) is 18.5. The van der Waals surface area contributed by atoms with Crippen LogP contribution in [-0.4, -0.2) is 71.9 Å². The number of piperidine rings is 2. The van der Waals surface area contributed by atoms with Crippen molar-refractivity contribution in [2.24, 2.45) is 5.92 Å². The molecule has 26 heavy (non-hydrogen) atoms. The van der Waals surface area contributed by atoms with Gasteiger partial charge in [0.15, 0.2) is 0 Å². The number of methoxy groups -OCH3 is 1. The largest absolute Gasteiger partial charge is 0.496 e. The average molecular weight is 362 g/mol. The highest BCUT2D eigenvalue weighted by Crippen LogP contribution is 2.25. The lowest BCUT2D eigenvalue weighted by Gasteiger charge is -2.42. The number of ether oxygens (including phenoxy) is 1. The van der Waals surface area contributed by atoms with Crippen molar-refractivity contribution in [1.82, 2.24) is 9.80 Å². The van der Waals surface area contributed by atoms with Gasteiger partial charge in [-0.05, 0) is 68.9 Å². The number of aliphatic hydroxyl groups excluding tert-OH is 1. The molecule has 0 bridgehead atoms. The van der Waals surface area contributed by atoms with Crippen LogP contribution in [0.3, 0.4) is 0 Å². The molecule has 0 saturated carbocycles. The van der Waals surface area contributed by atoms with Crippen molar-refractivity contribution in [3.05, 3.63) is 29.3 Å². The fourth-order valence-corrected chi connectivity index (χ4v) is 4.30. The minimum absolute atomic E-state index is 0.225. The molecule has 0 amide bonds. The van der Waals surface area contributed by atoms with Crippen LogP contribution in [-0.2, 0) is 6.54 Å². The van der Waals surface area contributed by atoms with Crippen molar-refractivity contribution >= 4 is 5.97 Å². The second kappa shape index (κ2) is 8.84. The van der Waals surface area contributed by atoms with Crippen LogP contribution in [0.25, 0.3) is 0 Å². The summed E-state index contributed by atoms with van der Waals surface area (Å²) in [6, 6.07) is 6.04. The molecule has 144 valence electrons. The molecule has 0 unspecified atom stereocenters. The molecular formula is C20H30N2O4. The summed E-state index contributed by atoms with van der Waals surface area (Å²) in [4.78, 5) is 16.3. The second-order valence-corrected chi connectivity index (χ2v) is 7.53. The summed E-state index contributed by atoms with van der Waals surface area (Å²) in [5.74, 6) is -0.107. The van der Waals surface area contributed by atoms with Crippen molar-refractivity contribution < 1.29 is 19.7 Å². The van der Waals surface area contributed by atoms with E-state index in [4.69, 9.17) is 4.74 Å². The van der Waals surface area contributed by atoms with E-state index in [1.54, 1.807) is 12.1 Å². The molecule has 2 fully saturated rings. The summed E-state index contributed by atoms with van der Waals surface area (Å²) in [5.41, 5.74) is 1.24. The van der Waals surface area contributed by atoms with Crippen LogP contribution < -0.4 is 4.74 Å². The number of aromatic carboxylic acids is 1. The van der Waals surface area contributed by atoms with E-state index in [1.165, 1.54) is 13.5 Å². The molecule has 6 nitrogen and oxygen atoms in total. The maximum atomic E-state index is 11.4. The van der Waals surface area contributed by atoms with Gasteiger partial charge in [0.2, 0.25) is 0 Å². The summed E-state index contributed by atoms with van der Waals surface area (Å²) >= 11 is 0. The van der Waals surface area contributed by atoms with Crippen molar-refractivity contribution in [2.75, 3.05) is 39.9 Å². The van der Waals surface area contributed by atoms with Crippen molar-refractivity contribution in [1.29, 1.82) is 0 Å². The van der Waals surface area contributed by atoms with E-state index in [0.29, 0.717) is 24.3 Å².